The van der Waals surface area contributed by atoms with Crippen LogP contribution < -0.4 is 19.9 Å². The Morgan fingerprint density at radius 3 is 2.34 bits per heavy atom. The summed E-state index contributed by atoms with van der Waals surface area (Å²) < 4.78 is 38.8. The molecule has 3 aromatic rings. The van der Waals surface area contributed by atoms with Crippen LogP contribution in [-0.4, -0.2) is 34.0 Å². The van der Waals surface area contributed by atoms with Crippen molar-refractivity contribution in [3.05, 3.63) is 78.4 Å². The van der Waals surface area contributed by atoms with E-state index in [0.29, 0.717) is 17.2 Å². The number of anilines is 1. The van der Waals surface area contributed by atoms with Crippen LogP contribution in [-0.2, 0) is 19.6 Å². The number of hydrogen-bond acceptors (Lipinski definition) is 7. The van der Waals surface area contributed by atoms with Crippen molar-refractivity contribution in [1.82, 2.24) is 0 Å². The minimum atomic E-state index is -4.04. The van der Waals surface area contributed by atoms with E-state index in [-0.39, 0.29) is 16.2 Å². The Labute approximate surface area is 184 Å². The van der Waals surface area contributed by atoms with Gasteiger partial charge in [-0.2, -0.15) is 0 Å². The second kappa shape index (κ2) is 9.94. The lowest BCUT2D eigenvalue weighted by Crippen LogP contribution is -2.21. The van der Waals surface area contributed by atoms with Crippen LogP contribution in [0.1, 0.15) is 10.4 Å². The van der Waals surface area contributed by atoms with Gasteiger partial charge in [0.05, 0.1) is 12.0 Å². The van der Waals surface area contributed by atoms with E-state index in [4.69, 9.17) is 19.3 Å². The highest BCUT2D eigenvalue weighted by Gasteiger charge is 2.19. The maximum Gasteiger partial charge on any atom is 0.342 e. The topological polar surface area (TPSA) is 134 Å². The van der Waals surface area contributed by atoms with Crippen molar-refractivity contribution in [2.75, 3.05) is 19.0 Å². The van der Waals surface area contributed by atoms with Gasteiger partial charge in [0.15, 0.2) is 6.61 Å². The molecule has 0 spiro atoms. The average molecular weight is 456 g/mol. The van der Waals surface area contributed by atoms with E-state index in [1.165, 1.54) is 19.2 Å². The first-order chi connectivity index (χ1) is 15.3. The van der Waals surface area contributed by atoms with Gasteiger partial charge in [0.2, 0.25) is 10.0 Å². The van der Waals surface area contributed by atoms with Crippen molar-refractivity contribution in [3.63, 3.8) is 0 Å². The number of primary sulfonamides is 1. The lowest BCUT2D eigenvalue weighted by atomic mass is 10.2. The van der Waals surface area contributed by atoms with Crippen LogP contribution in [0.3, 0.4) is 0 Å². The molecular weight excluding hydrogens is 436 g/mol. The molecule has 3 N–H and O–H groups in total. The van der Waals surface area contributed by atoms with Crippen LogP contribution in [0.4, 0.5) is 5.69 Å². The number of amides is 1. The maximum absolute atomic E-state index is 12.4. The van der Waals surface area contributed by atoms with Crippen molar-refractivity contribution >= 4 is 27.6 Å². The molecule has 0 saturated carbocycles. The molecule has 10 heteroatoms. The lowest BCUT2D eigenvalue weighted by molar-refractivity contribution is -0.119. The number of carbonyl (C=O) groups excluding carboxylic acids is 2. The first-order valence-corrected chi connectivity index (χ1v) is 10.8. The summed E-state index contributed by atoms with van der Waals surface area (Å²) >= 11 is 0. The van der Waals surface area contributed by atoms with Gasteiger partial charge >= 0.3 is 5.97 Å². The second-order valence-electron chi connectivity index (χ2n) is 6.47. The highest BCUT2D eigenvalue weighted by molar-refractivity contribution is 7.89. The smallest absolute Gasteiger partial charge is 0.342 e. The molecule has 0 aromatic heterocycles. The molecule has 1 amide bonds. The molecule has 32 heavy (non-hydrogen) atoms. The van der Waals surface area contributed by atoms with E-state index in [1.807, 2.05) is 18.2 Å². The van der Waals surface area contributed by atoms with Crippen molar-refractivity contribution in [2.24, 2.45) is 5.14 Å². The molecule has 0 radical (unpaired) electrons. The monoisotopic (exact) mass is 456 g/mol. The van der Waals surface area contributed by atoms with E-state index in [0.717, 1.165) is 6.07 Å². The van der Waals surface area contributed by atoms with Crippen LogP contribution >= 0.6 is 0 Å². The van der Waals surface area contributed by atoms with Gasteiger partial charge in [0.1, 0.15) is 22.8 Å². The van der Waals surface area contributed by atoms with Crippen LogP contribution in [0.25, 0.3) is 0 Å². The van der Waals surface area contributed by atoms with Gasteiger partial charge in [0, 0.05) is 11.8 Å². The molecule has 0 bridgehead atoms. The Hall–Kier alpha value is -3.89. The minimum Gasteiger partial charge on any atom is -0.496 e. The van der Waals surface area contributed by atoms with Gasteiger partial charge in [0.25, 0.3) is 5.91 Å². The standard InChI is InChI=1S/C22H20N2O7S/c1-29-20-11-10-18(32(23,27)28)13-19(20)22(26)30-14-21(25)24-15-6-5-9-17(12-15)31-16-7-3-2-4-8-16/h2-13H,14H2,1H3,(H,24,25)(H2,23,27,28). The third-order valence-corrected chi connectivity index (χ3v) is 5.06. The highest BCUT2D eigenvalue weighted by atomic mass is 32.2. The zero-order valence-electron chi connectivity index (χ0n) is 17.0. The molecular formula is C22H20N2O7S. The van der Waals surface area contributed by atoms with Gasteiger partial charge in [-0.15, -0.1) is 0 Å². The molecule has 0 aliphatic heterocycles. The van der Waals surface area contributed by atoms with Crippen molar-refractivity contribution < 1.29 is 32.2 Å². The van der Waals surface area contributed by atoms with Gasteiger partial charge < -0.3 is 19.5 Å². The van der Waals surface area contributed by atoms with Crippen molar-refractivity contribution in [1.29, 1.82) is 0 Å². The number of methoxy groups -OCH3 is 1. The van der Waals surface area contributed by atoms with Crippen molar-refractivity contribution in [3.8, 4) is 17.2 Å². The van der Waals surface area contributed by atoms with Gasteiger partial charge in [-0.3, -0.25) is 4.79 Å². The Bertz CT molecular complexity index is 1230. The number of nitrogens with one attached hydrogen (secondary N) is 1. The number of ether oxygens (including phenoxy) is 3. The Morgan fingerprint density at radius 2 is 1.66 bits per heavy atom. The molecule has 0 heterocycles. The molecule has 0 fully saturated rings. The van der Waals surface area contributed by atoms with Crippen LogP contribution in [0, 0.1) is 0 Å². The Morgan fingerprint density at radius 1 is 0.938 bits per heavy atom. The molecule has 3 aromatic carbocycles. The fraction of sp³-hybridized carbons (Fsp3) is 0.0909. The van der Waals surface area contributed by atoms with Crippen LogP contribution in [0.15, 0.2) is 77.7 Å². The van der Waals surface area contributed by atoms with Crippen LogP contribution in [0.5, 0.6) is 17.2 Å². The highest BCUT2D eigenvalue weighted by Crippen LogP contribution is 2.24. The van der Waals surface area contributed by atoms with Crippen LogP contribution in [0.2, 0.25) is 0 Å². The summed E-state index contributed by atoms with van der Waals surface area (Å²) in [7, 11) is -2.73. The summed E-state index contributed by atoms with van der Waals surface area (Å²) in [5, 5.41) is 7.69. The summed E-state index contributed by atoms with van der Waals surface area (Å²) in [4.78, 5) is 24.3. The fourth-order valence-corrected chi connectivity index (χ4v) is 3.23. The Balaban J connectivity index is 1.63. The molecule has 0 aliphatic carbocycles. The fourth-order valence-electron chi connectivity index (χ4n) is 2.69. The van der Waals surface area contributed by atoms with Crippen molar-refractivity contribution in [2.45, 2.75) is 4.90 Å². The summed E-state index contributed by atoms with van der Waals surface area (Å²) in [6, 6.07) is 19.3. The zero-order valence-corrected chi connectivity index (χ0v) is 17.8. The number of hydrogen-bond donors (Lipinski definition) is 2. The number of benzene rings is 3. The second-order valence-corrected chi connectivity index (χ2v) is 8.04. The third-order valence-electron chi connectivity index (χ3n) is 4.15. The summed E-state index contributed by atoms with van der Waals surface area (Å²) in [6.07, 6.45) is 0. The van der Waals surface area contributed by atoms with Gasteiger partial charge in [-0.05, 0) is 42.5 Å². The van der Waals surface area contributed by atoms with Gasteiger partial charge in [-0.25, -0.2) is 18.4 Å². The van der Waals surface area contributed by atoms with E-state index in [1.54, 1.807) is 36.4 Å². The molecule has 3 rings (SSSR count). The number of nitrogens with two attached hydrogens (primary N) is 1. The number of rotatable bonds is 8. The predicted octanol–water partition coefficient (Wildman–Crippen LogP) is 2.93. The maximum atomic E-state index is 12.4. The normalized spacial score (nSPS) is 10.8. The first kappa shape index (κ1) is 22.8. The number of carbonyl (C=O) groups is 2. The lowest BCUT2D eigenvalue weighted by Gasteiger charge is -2.11. The van der Waals surface area contributed by atoms with E-state index < -0.39 is 28.5 Å². The minimum absolute atomic E-state index is 0.0774. The summed E-state index contributed by atoms with van der Waals surface area (Å²) in [5.41, 5.74) is 0.262. The van der Waals surface area contributed by atoms with E-state index in [2.05, 4.69) is 5.32 Å². The SMILES string of the molecule is COc1ccc(S(N)(=O)=O)cc1C(=O)OCC(=O)Nc1cccc(Oc2ccccc2)c1. The Kier molecular flexibility index (Phi) is 7.08. The number of esters is 1. The molecule has 9 nitrogen and oxygen atoms in total. The summed E-state index contributed by atoms with van der Waals surface area (Å²) in [6.45, 7) is -0.606. The number of sulfonamides is 1. The molecule has 0 unspecified atom stereocenters. The van der Waals surface area contributed by atoms with Gasteiger partial charge in [-0.1, -0.05) is 24.3 Å². The molecule has 0 aliphatic rings. The largest absolute Gasteiger partial charge is 0.496 e. The molecule has 0 saturated heterocycles. The zero-order chi connectivity index (χ0) is 23.1. The third kappa shape index (κ3) is 6.06. The number of para-hydroxylation sites is 1. The molecule has 166 valence electrons. The first-order valence-electron chi connectivity index (χ1n) is 9.27. The summed E-state index contributed by atoms with van der Waals surface area (Å²) in [5.74, 6) is -0.315. The van der Waals surface area contributed by atoms with E-state index >= 15 is 0 Å². The quantitative estimate of drug-likeness (QED) is 0.498. The average Bonchev–Trinajstić information content (AvgIpc) is 2.77. The predicted molar refractivity (Wildman–Crippen MR) is 116 cm³/mol. The van der Waals surface area contributed by atoms with E-state index in [9.17, 15) is 18.0 Å². The molecule has 0 atom stereocenters.